The number of halogens is 1. The van der Waals surface area contributed by atoms with Gasteiger partial charge in [0.1, 0.15) is 0 Å². The molecule has 0 aliphatic carbocycles. The molecule has 0 amide bonds. The predicted molar refractivity (Wildman–Crippen MR) is 134 cm³/mol. The maximum atomic E-state index is 10.8. The van der Waals surface area contributed by atoms with Gasteiger partial charge >= 0.3 is 0 Å². The number of benzene rings is 4. The van der Waals surface area contributed by atoms with Crippen molar-refractivity contribution in [1.82, 2.24) is 9.88 Å². The Morgan fingerprint density at radius 2 is 1.47 bits per heavy atom. The second kappa shape index (κ2) is 9.17. The molecular weight excluding hydrogens is 416 g/mol. The average Bonchev–Trinajstić information content (AvgIpc) is 3.14. The van der Waals surface area contributed by atoms with E-state index in [1.807, 2.05) is 30.3 Å². The van der Waals surface area contributed by atoms with Crippen molar-refractivity contribution in [3.63, 3.8) is 0 Å². The lowest BCUT2D eigenvalue weighted by molar-refractivity contribution is 0.154. The minimum Gasteiger partial charge on any atom is -0.390 e. The molecular formula is C28H25ClN2O. The topological polar surface area (TPSA) is 37.2 Å². The molecule has 1 unspecified atom stereocenters. The summed E-state index contributed by atoms with van der Waals surface area (Å²) in [5.74, 6) is 0. The molecule has 3 nitrogen and oxygen atoms in total. The van der Waals surface area contributed by atoms with Crippen molar-refractivity contribution in [1.29, 1.82) is 0 Å². The molecule has 1 atom stereocenters. The lowest BCUT2D eigenvalue weighted by Crippen LogP contribution is -2.29. The monoisotopic (exact) mass is 440 g/mol. The van der Waals surface area contributed by atoms with Gasteiger partial charge in [-0.15, -0.1) is 0 Å². The molecule has 0 fully saturated rings. The second-order valence-corrected chi connectivity index (χ2v) is 8.57. The summed E-state index contributed by atoms with van der Waals surface area (Å²) in [6.45, 7) is 1.74. The smallest absolute Gasteiger partial charge is 0.0843 e. The first-order valence-electron chi connectivity index (χ1n) is 10.9. The molecule has 0 saturated heterocycles. The number of aliphatic hydroxyl groups excluding tert-OH is 1. The third-order valence-electron chi connectivity index (χ3n) is 5.90. The Morgan fingerprint density at radius 1 is 0.750 bits per heavy atom. The van der Waals surface area contributed by atoms with E-state index in [1.165, 1.54) is 21.9 Å². The highest BCUT2D eigenvalue weighted by atomic mass is 35.5. The van der Waals surface area contributed by atoms with Crippen LogP contribution in [-0.2, 0) is 13.1 Å². The van der Waals surface area contributed by atoms with E-state index in [2.05, 4.69) is 76.6 Å². The molecule has 0 bridgehead atoms. The van der Waals surface area contributed by atoms with Gasteiger partial charge in [-0.2, -0.15) is 0 Å². The van der Waals surface area contributed by atoms with E-state index >= 15 is 0 Å². The zero-order chi connectivity index (χ0) is 21.9. The van der Waals surface area contributed by atoms with Gasteiger partial charge in [0.2, 0.25) is 0 Å². The molecule has 4 aromatic carbocycles. The molecule has 5 rings (SSSR count). The number of aliphatic hydroxyl groups is 1. The molecule has 0 radical (unpaired) electrons. The Balaban J connectivity index is 1.39. The summed E-state index contributed by atoms with van der Waals surface area (Å²) < 4.78 is 2.23. The number of nitrogens with one attached hydrogen (secondary N) is 1. The van der Waals surface area contributed by atoms with Gasteiger partial charge in [-0.1, -0.05) is 78.3 Å². The number of hydrogen-bond donors (Lipinski definition) is 2. The zero-order valence-corrected chi connectivity index (χ0v) is 18.5. The van der Waals surface area contributed by atoms with Crippen LogP contribution in [0.2, 0.25) is 5.02 Å². The third-order valence-corrected chi connectivity index (χ3v) is 6.15. The third kappa shape index (κ3) is 4.28. The van der Waals surface area contributed by atoms with Crippen molar-refractivity contribution in [3.8, 4) is 11.1 Å². The van der Waals surface area contributed by atoms with Crippen molar-refractivity contribution in [2.45, 2.75) is 19.2 Å². The van der Waals surface area contributed by atoms with Crippen LogP contribution in [0.3, 0.4) is 0 Å². The van der Waals surface area contributed by atoms with Crippen LogP contribution in [-0.4, -0.2) is 22.3 Å². The van der Waals surface area contributed by atoms with Crippen molar-refractivity contribution in [2.75, 3.05) is 6.54 Å². The Bertz CT molecular complexity index is 1340. The van der Waals surface area contributed by atoms with Crippen molar-refractivity contribution >= 4 is 33.4 Å². The van der Waals surface area contributed by atoms with E-state index in [1.54, 1.807) is 0 Å². The van der Waals surface area contributed by atoms with Crippen LogP contribution in [0.1, 0.15) is 5.56 Å². The summed E-state index contributed by atoms with van der Waals surface area (Å²) in [7, 11) is 0. The summed E-state index contributed by atoms with van der Waals surface area (Å²) >= 11 is 5.95. The van der Waals surface area contributed by atoms with Gasteiger partial charge in [-0.3, -0.25) is 0 Å². The van der Waals surface area contributed by atoms with Crippen LogP contribution >= 0.6 is 11.6 Å². The van der Waals surface area contributed by atoms with Crippen molar-refractivity contribution in [2.24, 2.45) is 0 Å². The highest BCUT2D eigenvalue weighted by Gasteiger charge is 2.14. The van der Waals surface area contributed by atoms with E-state index in [-0.39, 0.29) is 0 Å². The summed E-state index contributed by atoms with van der Waals surface area (Å²) in [6.07, 6.45) is -0.505. The molecule has 32 heavy (non-hydrogen) atoms. The average molecular weight is 441 g/mol. The maximum Gasteiger partial charge on any atom is 0.0843 e. The van der Waals surface area contributed by atoms with Gasteiger partial charge < -0.3 is 15.0 Å². The lowest BCUT2D eigenvalue weighted by Gasteiger charge is -2.15. The standard InChI is InChI=1S/C28H25ClN2O/c29-23-13-10-20(11-14-23)17-30-18-24(32)19-31-27-9-5-4-8-25(27)26-16-22(12-15-28(26)31)21-6-2-1-3-7-21/h1-16,24,30,32H,17-19H2. The van der Waals surface area contributed by atoms with Gasteiger partial charge in [0.15, 0.2) is 0 Å². The normalized spacial score (nSPS) is 12.4. The summed E-state index contributed by atoms with van der Waals surface area (Å²) in [5, 5.41) is 17.3. The summed E-state index contributed by atoms with van der Waals surface area (Å²) in [5.41, 5.74) is 5.84. The fourth-order valence-corrected chi connectivity index (χ4v) is 4.45. The molecule has 1 heterocycles. The van der Waals surface area contributed by atoms with E-state index in [9.17, 15) is 5.11 Å². The summed E-state index contributed by atoms with van der Waals surface area (Å²) in [4.78, 5) is 0. The number of nitrogens with zero attached hydrogens (tertiary/aromatic N) is 1. The molecule has 0 spiro atoms. The molecule has 2 N–H and O–H groups in total. The van der Waals surface area contributed by atoms with Crippen LogP contribution in [0.15, 0.2) is 97.1 Å². The van der Waals surface area contributed by atoms with E-state index in [0.717, 1.165) is 21.6 Å². The zero-order valence-electron chi connectivity index (χ0n) is 17.7. The number of rotatable bonds is 7. The highest BCUT2D eigenvalue weighted by Crippen LogP contribution is 2.32. The summed E-state index contributed by atoms with van der Waals surface area (Å²) in [6, 6.07) is 33.2. The Morgan fingerprint density at radius 3 is 2.28 bits per heavy atom. The van der Waals surface area contributed by atoms with Crippen LogP contribution < -0.4 is 5.32 Å². The highest BCUT2D eigenvalue weighted by molar-refractivity contribution is 6.30. The first-order valence-corrected chi connectivity index (χ1v) is 11.3. The van der Waals surface area contributed by atoms with Crippen molar-refractivity contribution < 1.29 is 5.11 Å². The molecule has 5 aromatic rings. The molecule has 1 aromatic heterocycles. The number of fused-ring (bicyclic) bond motifs is 3. The molecule has 4 heteroatoms. The molecule has 160 valence electrons. The minimum atomic E-state index is -0.505. The Labute approximate surface area is 192 Å². The van der Waals surface area contributed by atoms with Crippen LogP contribution in [0.25, 0.3) is 32.9 Å². The van der Waals surface area contributed by atoms with Crippen LogP contribution in [0.5, 0.6) is 0 Å². The minimum absolute atomic E-state index is 0.505. The molecule has 0 aliphatic heterocycles. The van der Waals surface area contributed by atoms with Gasteiger partial charge in [-0.05, 0) is 47.0 Å². The van der Waals surface area contributed by atoms with Gasteiger partial charge in [0, 0.05) is 39.9 Å². The SMILES string of the molecule is OC(CNCc1ccc(Cl)cc1)Cn1c2ccccc2c2cc(-c3ccccc3)ccc21. The number of hydrogen-bond acceptors (Lipinski definition) is 2. The molecule has 0 saturated carbocycles. The second-order valence-electron chi connectivity index (χ2n) is 8.14. The Kier molecular flexibility index (Phi) is 5.95. The molecule has 0 aliphatic rings. The Hall–Kier alpha value is -3.11. The first kappa shape index (κ1) is 20.8. The predicted octanol–water partition coefficient (Wildman–Crippen LogP) is 6.27. The van der Waals surface area contributed by atoms with Crippen molar-refractivity contribution in [3.05, 3.63) is 108 Å². The quantitative estimate of drug-likeness (QED) is 0.313. The number of para-hydroxylation sites is 1. The largest absolute Gasteiger partial charge is 0.390 e. The van der Waals surface area contributed by atoms with Crippen LogP contribution in [0.4, 0.5) is 0 Å². The maximum absolute atomic E-state index is 10.8. The number of aromatic nitrogens is 1. The van der Waals surface area contributed by atoms with Gasteiger partial charge in [0.05, 0.1) is 12.6 Å². The van der Waals surface area contributed by atoms with E-state index < -0.39 is 6.10 Å². The fourth-order valence-electron chi connectivity index (χ4n) is 4.32. The van der Waals surface area contributed by atoms with E-state index in [4.69, 9.17) is 11.6 Å². The fraction of sp³-hybridized carbons (Fsp3) is 0.143. The van der Waals surface area contributed by atoms with Gasteiger partial charge in [0.25, 0.3) is 0 Å². The van der Waals surface area contributed by atoms with Gasteiger partial charge in [-0.25, -0.2) is 0 Å². The van der Waals surface area contributed by atoms with Crippen LogP contribution in [0, 0.1) is 0 Å². The first-order chi connectivity index (χ1) is 15.7. The van der Waals surface area contributed by atoms with E-state index in [0.29, 0.717) is 19.6 Å². The lowest BCUT2D eigenvalue weighted by atomic mass is 10.0.